The van der Waals surface area contributed by atoms with E-state index in [1.165, 1.54) is 0 Å². The van der Waals surface area contributed by atoms with Gasteiger partial charge in [-0.25, -0.2) is 0 Å². The lowest BCUT2D eigenvalue weighted by Crippen LogP contribution is -2.33. The van der Waals surface area contributed by atoms with Crippen LogP contribution in [0.4, 0.5) is 0 Å². The van der Waals surface area contributed by atoms with Gasteiger partial charge in [0.2, 0.25) is 5.91 Å². The first-order valence-corrected chi connectivity index (χ1v) is 4.37. The van der Waals surface area contributed by atoms with Crippen molar-refractivity contribution in [3.8, 4) is 0 Å². The van der Waals surface area contributed by atoms with Gasteiger partial charge >= 0.3 is 0 Å². The maximum atomic E-state index is 11.0. The maximum Gasteiger partial charge on any atom is 0.221 e. The van der Waals surface area contributed by atoms with Gasteiger partial charge in [-0.05, 0) is 0 Å². The van der Waals surface area contributed by atoms with E-state index in [0.29, 0.717) is 25.6 Å². The number of amides is 1. The van der Waals surface area contributed by atoms with E-state index >= 15 is 0 Å². The molecule has 1 amide bonds. The van der Waals surface area contributed by atoms with Gasteiger partial charge in [-0.15, -0.1) is 0 Å². The number of nitrogens with two attached hydrogens (primary N) is 1. The standard InChI is InChI=1S/C8H19N3O/c1-7(2)10-5-3-8(12)11-6-4-9/h7,10H,3-6,9H2,1-2H3,(H,11,12). The number of carbonyl (C=O) groups is 1. The van der Waals surface area contributed by atoms with Crippen LogP contribution in [0.1, 0.15) is 20.3 Å². The molecule has 0 spiro atoms. The van der Waals surface area contributed by atoms with E-state index in [1.807, 2.05) is 0 Å². The molecule has 0 heterocycles. The van der Waals surface area contributed by atoms with Crippen LogP contribution in [0.25, 0.3) is 0 Å². The molecule has 0 radical (unpaired) electrons. The van der Waals surface area contributed by atoms with Crippen molar-refractivity contribution in [2.45, 2.75) is 26.3 Å². The van der Waals surface area contributed by atoms with Gasteiger partial charge in [-0.2, -0.15) is 0 Å². The van der Waals surface area contributed by atoms with Gasteiger partial charge in [0.1, 0.15) is 0 Å². The number of rotatable bonds is 6. The molecule has 4 nitrogen and oxygen atoms in total. The molecule has 0 aliphatic carbocycles. The van der Waals surface area contributed by atoms with Crippen molar-refractivity contribution in [1.82, 2.24) is 10.6 Å². The second-order valence-corrected chi connectivity index (χ2v) is 3.00. The Kier molecular flexibility index (Phi) is 6.70. The summed E-state index contributed by atoms with van der Waals surface area (Å²) in [5, 5.41) is 5.86. The Hall–Kier alpha value is -0.610. The SMILES string of the molecule is CC(C)NCCC(=O)NCCN. The minimum absolute atomic E-state index is 0.0635. The molecule has 0 aliphatic heterocycles. The summed E-state index contributed by atoms with van der Waals surface area (Å²) in [7, 11) is 0. The molecule has 72 valence electrons. The highest BCUT2D eigenvalue weighted by atomic mass is 16.1. The van der Waals surface area contributed by atoms with E-state index in [2.05, 4.69) is 24.5 Å². The highest BCUT2D eigenvalue weighted by Crippen LogP contribution is 1.80. The summed E-state index contributed by atoms with van der Waals surface area (Å²) in [5.74, 6) is 0.0635. The summed E-state index contributed by atoms with van der Waals surface area (Å²) in [6, 6.07) is 0.437. The van der Waals surface area contributed by atoms with E-state index < -0.39 is 0 Å². The molecule has 0 rings (SSSR count). The van der Waals surface area contributed by atoms with Gasteiger partial charge in [-0.1, -0.05) is 13.8 Å². The Bertz CT molecular complexity index is 125. The van der Waals surface area contributed by atoms with E-state index in [0.717, 1.165) is 6.54 Å². The van der Waals surface area contributed by atoms with Crippen molar-refractivity contribution in [3.05, 3.63) is 0 Å². The van der Waals surface area contributed by atoms with E-state index in [4.69, 9.17) is 5.73 Å². The predicted octanol–water partition coefficient (Wildman–Crippen LogP) is -0.551. The molecule has 0 unspecified atom stereocenters. The van der Waals surface area contributed by atoms with Crippen LogP contribution >= 0.6 is 0 Å². The highest BCUT2D eigenvalue weighted by Gasteiger charge is 1.99. The van der Waals surface area contributed by atoms with Crippen molar-refractivity contribution in [3.63, 3.8) is 0 Å². The maximum absolute atomic E-state index is 11.0. The summed E-state index contributed by atoms with van der Waals surface area (Å²) in [6.07, 6.45) is 0.526. The highest BCUT2D eigenvalue weighted by molar-refractivity contribution is 5.76. The molecule has 0 aromatic heterocycles. The van der Waals surface area contributed by atoms with Crippen LogP contribution in [-0.2, 0) is 4.79 Å². The molecular weight excluding hydrogens is 154 g/mol. The molecule has 0 saturated carbocycles. The first-order valence-electron chi connectivity index (χ1n) is 4.37. The van der Waals surface area contributed by atoms with Gasteiger partial charge in [0.05, 0.1) is 0 Å². The predicted molar refractivity (Wildman–Crippen MR) is 49.8 cm³/mol. The molecule has 0 saturated heterocycles. The quantitative estimate of drug-likeness (QED) is 0.505. The Morgan fingerprint density at radius 1 is 1.42 bits per heavy atom. The monoisotopic (exact) mass is 173 g/mol. The lowest BCUT2D eigenvalue weighted by atomic mass is 10.3. The number of hydrogen-bond donors (Lipinski definition) is 3. The fraction of sp³-hybridized carbons (Fsp3) is 0.875. The topological polar surface area (TPSA) is 67.2 Å². The number of carbonyl (C=O) groups excluding carboxylic acids is 1. The Balaban J connectivity index is 3.20. The summed E-state index contributed by atoms with van der Waals surface area (Å²) in [5.41, 5.74) is 5.22. The van der Waals surface area contributed by atoms with Gasteiger partial charge in [0.15, 0.2) is 0 Å². The van der Waals surface area contributed by atoms with Crippen molar-refractivity contribution in [1.29, 1.82) is 0 Å². The number of nitrogens with one attached hydrogen (secondary N) is 2. The van der Waals surface area contributed by atoms with Crippen LogP contribution in [0.5, 0.6) is 0 Å². The molecule has 12 heavy (non-hydrogen) atoms. The Labute approximate surface area is 73.9 Å². The summed E-state index contributed by atoms with van der Waals surface area (Å²) in [6.45, 7) is 5.91. The third-order valence-electron chi connectivity index (χ3n) is 1.37. The van der Waals surface area contributed by atoms with E-state index in [-0.39, 0.29) is 5.91 Å². The zero-order valence-corrected chi connectivity index (χ0v) is 7.89. The average molecular weight is 173 g/mol. The van der Waals surface area contributed by atoms with Crippen molar-refractivity contribution >= 4 is 5.91 Å². The molecule has 0 aliphatic rings. The lowest BCUT2D eigenvalue weighted by molar-refractivity contribution is -0.120. The minimum atomic E-state index is 0.0635. The van der Waals surface area contributed by atoms with Crippen LogP contribution < -0.4 is 16.4 Å². The third kappa shape index (κ3) is 7.50. The first kappa shape index (κ1) is 11.4. The molecule has 4 heteroatoms. The van der Waals surface area contributed by atoms with Crippen molar-refractivity contribution in [2.75, 3.05) is 19.6 Å². The average Bonchev–Trinajstić information content (AvgIpc) is 2.00. The van der Waals surface area contributed by atoms with Gasteiger partial charge < -0.3 is 16.4 Å². The van der Waals surface area contributed by atoms with Gasteiger partial charge in [0.25, 0.3) is 0 Å². The molecule has 4 N–H and O–H groups in total. The van der Waals surface area contributed by atoms with Crippen molar-refractivity contribution < 1.29 is 4.79 Å². The Morgan fingerprint density at radius 3 is 2.58 bits per heavy atom. The zero-order chi connectivity index (χ0) is 9.40. The smallest absolute Gasteiger partial charge is 0.221 e. The third-order valence-corrected chi connectivity index (χ3v) is 1.37. The Morgan fingerprint density at radius 2 is 2.08 bits per heavy atom. The molecule has 0 bridgehead atoms. The summed E-state index contributed by atoms with van der Waals surface area (Å²) in [4.78, 5) is 11.0. The second-order valence-electron chi connectivity index (χ2n) is 3.00. The van der Waals surface area contributed by atoms with Crippen molar-refractivity contribution in [2.24, 2.45) is 5.73 Å². The molecule has 0 fully saturated rings. The summed E-state index contributed by atoms with van der Waals surface area (Å²) < 4.78 is 0. The number of hydrogen-bond acceptors (Lipinski definition) is 3. The summed E-state index contributed by atoms with van der Waals surface area (Å²) >= 11 is 0. The zero-order valence-electron chi connectivity index (χ0n) is 7.89. The van der Waals surface area contributed by atoms with E-state index in [1.54, 1.807) is 0 Å². The largest absolute Gasteiger partial charge is 0.355 e. The molecule has 0 atom stereocenters. The molecular formula is C8H19N3O. The normalized spacial score (nSPS) is 10.3. The fourth-order valence-electron chi connectivity index (χ4n) is 0.774. The van der Waals surface area contributed by atoms with Gasteiger partial charge in [0, 0.05) is 32.1 Å². The van der Waals surface area contributed by atoms with Crippen LogP contribution in [0.3, 0.4) is 0 Å². The molecule has 0 aromatic carbocycles. The first-order chi connectivity index (χ1) is 5.66. The second kappa shape index (κ2) is 7.06. The van der Waals surface area contributed by atoms with Crippen LogP contribution in [-0.4, -0.2) is 31.6 Å². The lowest BCUT2D eigenvalue weighted by Gasteiger charge is -2.07. The fourth-order valence-corrected chi connectivity index (χ4v) is 0.774. The van der Waals surface area contributed by atoms with Crippen LogP contribution in [0, 0.1) is 0 Å². The van der Waals surface area contributed by atoms with Crippen LogP contribution in [0.2, 0.25) is 0 Å². The van der Waals surface area contributed by atoms with Gasteiger partial charge in [-0.3, -0.25) is 4.79 Å². The van der Waals surface area contributed by atoms with E-state index in [9.17, 15) is 4.79 Å². The van der Waals surface area contributed by atoms with Crippen LogP contribution in [0.15, 0.2) is 0 Å². The minimum Gasteiger partial charge on any atom is -0.355 e. The molecule has 0 aromatic rings.